The third kappa shape index (κ3) is 1.93. The van der Waals surface area contributed by atoms with Crippen molar-refractivity contribution in [2.45, 2.75) is 12.2 Å². The molecule has 0 aromatic carbocycles. The molecule has 0 radical (unpaired) electrons. The predicted molar refractivity (Wildman–Crippen MR) is 48.3 cm³/mol. The molecule has 1 atom stereocenters. The van der Waals surface area contributed by atoms with Crippen molar-refractivity contribution < 1.29 is 14.1 Å². The second kappa shape index (κ2) is 3.67. The molecule has 0 amide bonds. The summed E-state index contributed by atoms with van der Waals surface area (Å²) in [7, 11) is 0. The lowest BCUT2D eigenvalue weighted by atomic mass is 10.0. The Morgan fingerprint density at radius 2 is 2.29 bits per heavy atom. The summed E-state index contributed by atoms with van der Waals surface area (Å²) in [6, 6.07) is 0. The minimum absolute atomic E-state index is 0.108. The molecule has 0 aromatic heterocycles. The van der Waals surface area contributed by atoms with Gasteiger partial charge in [-0.15, -0.1) is 0 Å². The van der Waals surface area contributed by atoms with Gasteiger partial charge in [0.1, 0.15) is 0 Å². The summed E-state index contributed by atoms with van der Waals surface area (Å²) in [5.74, 6) is -2.74. The van der Waals surface area contributed by atoms with Crippen LogP contribution in [0.3, 0.4) is 0 Å². The summed E-state index contributed by atoms with van der Waals surface area (Å²) < 4.78 is 13.3. The average Bonchev–Trinajstić information content (AvgIpc) is 2.02. The van der Waals surface area contributed by atoms with E-state index in [0.717, 1.165) is 6.08 Å². The second-order valence-electron chi connectivity index (χ2n) is 2.68. The molecule has 0 bridgehead atoms. The Labute approximate surface area is 88.1 Å². The van der Waals surface area contributed by atoms with Crippen molar-refractivity contribution in [2.24, 2.45) is 0 Å². The van der Waals surface area contributed by atoms with Crippen LogP contribution in [0.25, 0.3) is 0 Å². The molecular formula is C7H4Cl2FNO3. The zero-order valence-corrected chi connectivity index (χ0v) is 8.18. The first-order valence-corrected chi connectivity index (χ1v) is 4.23. The number of carbonyl (C=O) groups excluding carboxylic acids is 1. The van der Waals surface area contributed by atoms with E-state index in [2.05, 4.69) is 0 Å². The van der Waals surface area contributed by atoms with Crippen LogP contribution >= 0.6 is 23.2 Å². The van der Waals surface area contributed by atoms with Crippen molar-refractivity contribution in [3.05, 3.63) is 32.9 Å². The van der Waals surface area contributed by atoms with Gasteiger partial charge in [0.2, 0.25) is 0 Å². The van der Waals surface area contributed by atoms with E-state index < -0.39 is 22.4 Å². The quantitative estimate of drug-likeness (QED) is 0.321. The molecule has 1 unspecified atom stereocenters. The van der Waals surface area contributed by atoms with Crippen molar-refractivity contribution in [2.75, 3.05) is 0 Å². The molecule has 14 heavy (non-hydrogen) atoms. The molecule has 0 spiro atoms. The SMILES string of the molecule is O=C(Cl)C1=C(Cl)CC(F)([N+](=O)[O-])C=C1. The van der Waals surface area contributed by atoms with E-state index in [9.17, 15) is 19.3 Å². The lowest BCUT2D eigenvalue weighted by Gasteiger charge is -2.16. The number of hydrogen-bond acceptors (Lipinski definition) is 3. The maximum absolute atomic E-state index is 13.3. The van der Waals surface area contributed by atoms with Crippen LogP contribution in [0.5, 0.6) is 0 Å². The van der Waals surface area contributed by atoms with E-state index in [1.807, 2.05) is 0 Å². The molecule has 0 aromatic rings. The number of halogens is 3. The minimum atomic E-state index is -2.74. The highest BCUT2D eigenvalue weighted by Crippen LogP contribution is 2.33. The highest BCUT2D eigenvalue weighted by Gasteiger charge is 2.43. The fourth-order valence-corrected chi connectivity index (χ4v) is 1.53. The zero-order chi connectivity index (χ0) is 10.9. The van der Waals surface area contributed by atoms with E-state index in [1.165, 1.54) is 0 Å². The summed E-state index contributed by atoms with van der Waals surface area (Å²) in [5.41, 5.74) is -0.108. The Morgan fingerprint density at radius 3 is 2.64 bits per heavy atom. The molecule has 0 fully saturated rings. The van der Waals surface area contributed by atoms with Gasteiger partial charge in [0.05, 0.1) is 11.3 Å². The number of carbonyl (C=O) groups is 1. The standard InChI is InChI=1S/C7H4Cl2FNO3/c8-5-3-7(10,11(13)14)2-1-4(5)6(9)12/h1-2H,3H2. The Morgan fingerprint density at radius 1 is 1.71 bits per heavy atom. The van der Waals surface area contributed by atoms with E-state index in [0.29, 0.717) is 6.08 Å². The maximum atomic E-state index is 13.3. The van der Waals surface area contributed by atoms with E-state index in [-0.39, 0.29) is 10.6 Å². The number of rotatable bonds is 2. The van der Waals surface area contributed by atoms with Crippen molar-refractivity contribution in [1.82, 2.24) is 0 Å². The average molecular weight is 240 g/mol. The normalized spacial score (nSPS) is 26.5. The molecule has 1 aliphatic rings. The van der Waals surface area contributed by atoms with E-state index in [1.54, 1.807) is 0 Å². The van der Waals surface area contributed by atoms with Gasteiger partial charge < -0.3 is 0 Å². The van der Waals surface area contributed by atoms with Gasteiger partial charge in [-0.2, -0.15) is 4.39 Å². The number of hydrogen-bond donors (Lipinski definition) is 0. The summed E-state index contributed by atoms with van der Waals surface area (Å²) in [4.78, 5) is 19.8. The third-order valence-electron chi connectivity index (χ3n) is 1.72. The highest BCUT2D eigenvalue weighted by molar-refractivity contribution is 6.68. The smallest absolute Gasteiger partial charge is 0.276 e. The van der Waals surface area contributed by atoms with Crippen molar-refractivity contribution in [1.29, 1.82) is 0 Å². The first kappa shape index (κ1) is 11.1. The molecule has 0 saturated heterocycles. The van der Waals surface area contributed by atoms with Crippen LogP contribution < -0.4 is 0 Å². The molecule has 76 valence electrons. The monoisotopic (exact) mass is 239 g/mol. The number of allylic oxidation sites excluding steroid dienone is 2. The zero-order valence-electron chi connectivity index (χ0n) is 6.67. The lowest BCUT2D eigenvalue weighted by Crippen LogP contribution is -2.32. The number of alkyl halides is 1. The summed E-state index contributed by atoms with van der Waals surface area (Å²) in [5, 5.41) is 9.17. The Balaban J connectivity index is 3.02. The third-order valence-corrected chi connectivity index (χ3v) is 2.26. The fourth-order valence-electron chi connectivity index (χ4n) is 0.971. The van der Waals surface area contributed by atoms with Gasteiger partial charge >= 0.3 is 5.79 Å². The molecule has 0 N–H and O–H groups in total. The van der Waals surface area contributed by atoms with E-state index in [4.69, 9.17) is 23.2 Å². The van der Waals surface area contributed by atoms with Crippen molar-refractivity contribution >= 4 is 28.4 Å². The highest BCUT2D eigenvalue weighted by atomic mass is 35.5. The van der Waals surface area contributed by atoms with Gasteiger partial charge in [0, 0.05) is 16.7 Å². The van der Waals surface area contributed by atoms with Gasteiger partial charge in [-0.1, -0.05) is 11.6 Å². The Kier molecular flexibility index (Phi) is 2.92. The van der Waals surface area contributed by atoms with E-state index >= 15 is 0 Å². The lowest BCUT2D eigenvalue weighted by molar-refractivity contribution is -0.589. The molecule has 0 heterocycles. The predicted octanol–water partition coefficient (Wildman–Crippen LogP) is 2.15. The van der Waals surface area contributed by atoms with Crippen LogP contribution in [0.15, 0.2) is 22.8 Å². The van der Waals surface area contributed by atoms with Crippen LogP contribution in [0.4, 0.5) is 4.39 Å². The molecule has 1 rings (SSSR count). The fraction of sp³-hybridized carbons (Fsp3) is 0.286. The van der Waals surface area contributed by atoms with Gasteiger partial charge in [0.25, 0.3) is 5.24 Å². The summed E-state index contributed by atoms with van der Waals surface area (Å²) in [6.45, 7) is 0. The molecule has 4 nitrogen and oxygen atoms in total. The molecule has 7 heteroatoms. The van der Waals surface area contributed by atoms with Crippen LogP contribution in [0.2, 0.25) is 0 Å². The summed E-state index contributed by atoms with van der Waals surface area (Å²) >= 11 is 10.6. The Hall–Kier alpha value is -0.940. The minimum Gasteiger partial charge on any atom is -0.276 e. The van der Waals surface area contributed by atoms with Gasteiger partial charge in [-0.05, 0) is 17.7 Å². The second-order valence-corrected chi connectivity index (χ2v) is 3.48. The van der Waals surface area contributed by atoms with Gasteiger partial charge in [-0.3, -0.25) is 14.9 Å². The first-order valence-electron chi connectivity index (χ1n) is 3.48. The van der Waals surface area contributed by atoms with Gasteiger partial charge in [-0.25, -0.2) is 0 Å². The number of nitrogens with zero attached hydrogens (tertiary/aromatic N) is 1. The maximum Gasteiger partial charge on any atom is 0.383 e. The first-order chi connectivity index (χ1) is 6.37. The van der Waals surface area contributed by atoms with Gasteiger partial charge in [0.15, 0.2) is 0 Å². The summed E-state index contributed by atoms with van der Waals surface area (Å²) in [6.07, 6.45) is 0.907. The molecule has 0 saturated carbocycles. The molecule has 1 aliphatic carbocycles. The number of nitro groups is 1. The van der Waals surface area contributed by atoms with Crippen LogP contribution in [-0.2, 0) is 4.79 Å². The van der Waals surface area contributed by atoms with Crippen LogP contribution in [0.1, 0.15) is 6.42 Å². The molecular weight excluding hydrogens is 236 g/mol. The van der Waals surface area contributed by atoms with Crippen LogP contribution in [0, 0.1) is 10.1 Å². The topological polar surface area (TPSA) is 60.2 Å². The van der Waals surface area contributed by atoms with Crippen molar-refractivity contribution in [3.63, 3.8) is 0 Å². The molecule has 0 aliphatic heterocycles. The van der Waals surface area contributed by atoms with Crippen molar-refractivity contribution in [3.8, 4) is 0 Å². The Bertz CT molecular complexity index is 366. The van der Waals surface area contributed by atoms with Crippen LogP contribution in [-0.4, -0.2) is 16.0 Å². The largest absolute Gasteiger partial charge is 0.383 e.